The normalized spacial score (nSPS) is 10.7. The van der Waals surface area contributed by atoms with Crippen molar-refractivity contribution in [2.45, 2.75) is 13.8 Å². The molecule has 20 heavy (non-hydrogen) atoms. The van der Waals surface area contributed by atoms with E-state index in [1.165, 1.54) is 4.52 Å². The van der Waals surface area contributed by atoms with E-state index in [9.17, 15) is 0 Å². The Hall–Kier alpha value is -2.94. The van der Waals surface area contributed by atoms with Crippen LogP contribution in [-0.2, 0) is 0 Å². The summed E-state index contributed by atoms with van der Waals surface area (Å²) in [7, 11) is 0. The summed E-state index contributed by atoms with van der Waals surface area (Å²) in [6, 6.07) is 9.90. The van der Waals surface area contributed by atoms with Crippen LogP contribution in [0.5, 0.6) is 0 Å². The fourth-order valence-corrected chi connectivity index (χ4v) is 2.00. The molecule has 3 aromatic rings. The molecule has 0 fully saturated rings. The molecule has 6 nitrogen and oxygen atoms in total. The molecule has 2 aromatic heterocycles. The van der Waals surface area contributed by atoms with Gasteiger partial charge in [-0.3, -0.25) is 0 Å². The molecule has 0 aliphatic heterocycles. The first-order chi connectivity index (χ1) is 9.60. The highest BCUT2D eigenvalue weighted by Crippen LogP contribution is 2.20. The lowest BCUT2D eigenvalue weighted by molar-refractivity contribution is 0.939. The molecule has 98 valence electrons. The van der Waals surface area contributed by atoms with Gasteiger partial charge < -0.3 is 5.73 Å². The zero-order valence-electron chi connectivity index (χ0n) is 11.1. The van der Waals surface area contributed by atoms with Crippen molar-refractivity contribution < 1.29 is 0 Å². The molecule has 2 N–H and O–H groups in total. The van der Waals surface area contributed by atoms with Crippen molar-refractivity contribution in [2.75, 3.05) is 5.73 Å². The molecule has 0 aliphatic rings. The van der Waals surface area contributed by atoms with Crippen LogP contribution >= 0.6 is 0 Å². The molecule has 0 saturated carbocycles. The van der Waals surface area contributed by atoms with Crippen LogP contribution in [-0.4, -0.2) is 19.6 Å². The summed E-state index contributed by atoms with van der Waals surface area (Å²) in [5.41, 5.74) is 8.88. The maximum atomic E-state index is 9.08. The molecule has 2 heterocycles. The van der Waals surface area contributed by atoms with Gasteiger partial charge in [-0.1, -0.05) is 29.8 Å². The Morgan fingerprint density at radius 2 is 1.85 bits per heavy atom. The average molecular weight is 264 g/mol. The number of nitrogens with two attached hydrogens (primary N) is 1. The fraction of sp³-hybridized carbons (Fsp3) is 0.143. The Morgan fingerprint density at radius 3 is 2.50 bits per heavy atom. The highest BCUT2D eigenvalue weighted by molar-refractivity contribution is 5.61. The summed E-state index contributed by atoms with van der Waals surface area (Å²) >= 11 is 0. The van der Waals surface area contributed by atoms with Gasteiger partial charge >= 0.3 is 0 Å². The first-order valence-corrected chi connectivity index (χ1v) is 6.10. The molecule has 0 aliphatic carbocycles. The highest BCUT2D eigenvalue weighted by Gasteiger charge is 2.14. The number of nitrogen functional groups attached to an aromatic ring is 1. The van der Waals surface area contributed by atoms with Crippen molar-refractivity contribution in [3.63, 3.8) is 0 Å². The second-order valence-corrected chi connectivity index (χ2v) is 4.58. The van der Waals surface area contributed by atoms with Gasteiger partial charge in [-0.05, 0) is 13.8 Å². The number of aromatic nitrogens is 4. The van der Waals surface area contributed by atoms with E-state index in [4.69, 9.17) is 11.0 Å². The van der Waals surface area contributed by atoms with Crippen molar-refractivity contribution in [3.8, 4) is 17.5 Å². The van der Waals surface area contributed by atoms with Crippen LogP contribution in [0, 0.1) is 25.2 Å². The molecular formula is C14H12N6. The van der Waals surface area contributed by atoms with E-state index in [0.29, 0.717) is 22.9 Å². The van der Waals surface area contributed by atoms with Gasteiger partial charge in [-0.2, -0.15) is 14.8 Å². The number of nitrogens with zero attached hydrogens (tertiary/aromatic N) is 5. The Bertz CT molecular complexity index is 839. The summed E-state index contributed by atoms with van der Waals surface area (Å²) in [5, 5.41) is 13.4. The van der Waals surface area contributed by atoms with Gasteiger partial charge in [0.15, 0.2) is 5.82 Å². The largest absolute Gasteiger partial charge is 0.382 e. The van der Waals surface area contributed by atoms with Crippen molar-refractivity contribution in [3.05, 3.63) is 41.1 Å². The molecular weight excluding hydrogens is 252 g/mol. The number of nitriles is 1. The molecule has 0 spiro atoms. The Labute approximate surface area is 115 Å². The minimum Gasteiger partial charge on any atom is -0.382 e. The highest BCUT2D eigenvalue weighted by atomic mass is 15.4. The van der Waals surface area contributed by atoms with Crippen LogP contribution in [0.1, 0.15) is 16.8 Å². The van der Waals surface area contributed by atoms with Crippen LogP contribution in [0.15, 0.2) is 24.3 Å². The van der Waals surface area contributed by atoms with E-state index in [1.807, 2.05) is 37.3 Å². The summed E-state index contributed by atoms with van der Waals surface area (Å²) < 4.78 is 1.40. The van der Waals surface area contributed by atoms with Crippen molar-refractivity contribution in [1.82, 2.24) is 19.6 Å². The quantitative estimate of drug-likeness (QED) is 0.724. The first kappa shape index (κ1) is 12.1. The minimum absolute atomic E-state index is 0.265. The van der Waals surface area contributed by atoms with Gasteiger partial charge in [-0.25, -0.2) is 4.98 Å². The molecule has 0 radical (unpaired) electrons. The van der Waals surface area contributed by atoms with Crippen molar-refractivity contribution >= 4 is 11.6 Å². The molecule has 0 atom stereocenters. The second kappa shape index (κ2) is 4.31. The Morgan fingerprint density at radius 1 is 1.15 bits per heavy atom. The molecule has 0 unspecified atom stereocenters. The summed E-state index contributed by atoms with van der Waals surface area (Å²) in [5.74, 6) is 1.20. The standard InChI is InChI=1S/C14H12N6/c1-8-3-5-10(6-4-8)13-18-14-17-9(2)11(7-15)12(16)20(14)19-13/h3-6H,16H2,1-2H3. The average Bonchev–Trinajstić information content (AvgIpc) is 2.84. The minimum atomic E-state index is 0.265. The molecule has 0 amide bonds. The van der Waals surface area contributed by atoms with Gasteiger partial charge in [0.05, 0.1) is 5.69 Å². The number of benzene rings is 1. The van der Waals surface area contributed by atoms with Crippen LogP contribution in [0.3, 0.4) is 0 Å². The lowest BCUT2D eigenvalue weighted by atomic mass is 10.1. The second-order valence-electron chi connectivity index (χ2n) is 4.58. The van der Waals surface area contributed by atoms with E-state index in [2.05, 4.69) is 15.1 Å². The van der Waals surface area contributed by atoms with E-state index >= 15 is 0 Å². The maximum Gasteiger partial charge on any atom is 0.254 e. The SMILES string of the molecule is Cc1ccc(-c2nc3nc(C)c(C#N)c(N)n3n2)cc1. The van der Waals surface area contributed by atoms with Crippen LogP contribution in [0.25, 0.3) is 17.2 Å². The third kappa shape index (κ3) is 1.77. The van der Waals surface area contributed by atoms with Crippen LogP contribution in [0.4, 0.5) is 5.82 Å². The number of hydrogen-bond acceptors (Lipinski definition) is 5. The molecule has 3 rings (SSSR count). The number of fused-ring (bicyclic) bond motifs is 1. The predicted octanol–water partition coefficient (Wildman–Crippen LogP) is 1.86. The van der Waals surface area contributed by atoms with Crippen molar-refractivity contribution in [1.29, 1.82) is 5.26 Å². The first-order valence-electron chi connectivity index (χ1n) is 6.10. The van der Waals surface area contributed by atoms with Crippen molar-refractivity contribution in [2.24, 2.45) is 0 Å². The predicted molar refractivity (Wildman–Crippen MR) is 74.8 cm³/mol. The zero-order chi connectivity index (χ0) is 14.3. The van der Waals surface area contributed by atoms with E-state index < -0.39 is 0 Å². The monoisotopic (exact) mass is 264 g/mol. The number of aryl methyl sites for hydroxylation is 2. The number of hydrogen-bond donors (Lipinski definition) is 1. The lowest BCUT2D eigenvalue weighted by Gasteiger charge is -2.01. The summed E-state index contributed by atoms with van der Waals surface area (Å²) in [6.07, 6.45) is 0. The molecule has 0 saturated heterocycles. The van der Waals surface area contributed by atoms with Gasteiger partial charge in [0.25, 0.3) is 5.78 Å². The summed E-state index contributed by atoms with van der Waals surface area (Å²) in [4.78, 5) is 8.62. The smallest absolute Gasteiger partial charge is 0.254 e. The van der Waals surface area contributed by atoms with E-state index in [-0.39, 0.29) is 5.82 Å². The lowest BCUT2D eigenvalue weighted by Crippen LogP contribution is -2.06. The van der Waals surface area contributed by atoms with E-state index in [1.54, 1.807) is 6.92 Å². The zero-order valence-corrected chi connectivity index (χ0v) is 11.1. The van der Waals surface area contributed by atoms with Crippen LogP contribution in [0.2, 0.25) is 0 Å². The van der Waals surface area contributed by atoms with Gasteiger partial charge in [0.1, 0.15) is 17.5 Å². The Balaban J connectivity index is 2.23. The summed E-state index contributed by atoms with van der Waals surface area (Å²) in [6.45, 7) is 3.75. The Kier molecular flexibility index (Phi) is 2.61. The third-order valence-corrected chi connectivity index (χ3v) is 3.13. The maximum absolute atomic E-state index is 9.08. The van der Waals surface area contributed by atoms with E-state index in [0.717, 1.165) is 11.1 Å². The van der Waals surface area contributed by atoms with Gasteiger partial charge in [0, 0.05) is 5.56 Å². The number of anilines is 1. The van der Waals surface area contributed by atoms with Gasteiger partial charge in [-0.15, -0.1) is 5.10 Å². The molecule has 0 bridgehead atoms. The molecule has 1 aromatic carbocycles. The third-order valence-electron chi connectivity index (χ3n) is 3.13. The fourth-order valence-electron chi connectivity index (χ4n) is 2.00. The number of rotatable bonds is 1. The molecule has 6 heteroatoms. The topological polar surface area (TPSA) is 92.9 Å². The van der Waals surface area contributed by atoms with Gasteiger partial charge in [0.2, 0.25) is 0 Å². The van der Waals surface area contributed by atoms with Crippen LogP contribution < -0.4 is 5.73 Å².